The molecule has 0 aliphatic rings. The van der Waals surface area contributed by atoms with E-state index in [0.29, 0.717) is 39.3 Å². The van der Waals surface area contributed by atoms with E-state index in [1.807, 2.05) is 30.3 Å². The summed E-state index contributed by atoms with van der Waals surface area (Å²) in [4.78, 5) is 26.5. The first-order chi connectivity index (χ1) is 18.7. The SMILES string of the molecule is CC(C)(C)OC(=O)n1c(-c2ccnc(OCc3ccccn3)c2)cc2c(-c3ccc(F)c(C#N)c3)ccnc21. The molecule has 0 saturated heterocycles. The highest BCUT2D eigenvalue weighted by Gasteiger charge is 2.25. The first-order valence-electron chi connectivity index (χ1n) is 12.2. The van der Waals surface area contributed by atoms with Crippen molar-refractivity contribution in [1.29, 1.82) is 5.26 Å². The zero-order chi connectivity index (χ0) is 27.6. The van der Waals surface area contributed by atoms with Gasteiger partial charge in [-0.3, -0.25) is 4.98 Å². The van der Waals surface area contributed by atoms with E-state index in [9.17, 15) is 14.4 Å². The van der Waals surface area contributed by atoms with Crippen LogP contribution in [0.2, 0.25) is 0 Å². The van der Waals surface area contributed by atoms with E-state index >= 15 is 0 Å². The number of carbonyl (C=O) groups is 1. The minimum Gasteiger partial charge on any atom is -0.471 e. The van der Waals surface area contributed by atoms with Crippen LogP contribution in [0.25, 0.3) is 33.4 Å². The molecular formula is C30H24FN5O3. The van der Waals surface area contributed by atoms with Crippen LogP contribution < -0.4 is 4.74 Å². The molecule has 39 heavy (non-hydrogen) atoms. The van der Waals surface area contributed by atoms with Crippen molar-refractivity contribution in [3.05, 3.63) is 96.3 Å². The summed E-state index contributed by atoms with van der Waals surface area (Å²) in [6.07, 6.45) is 4.23. The van der Waals surface area contributed by atoms with Crippen molar-refractivity contribution in [2.75, 3.05) is 0 Å². The maximum atomic E-state index is 14.0. The van der Waals surface area contributed by atoms with Gasteiger partial charge in [0.25, 0.3) is 0 Å². The second-order valence-electron chi connectivity index (χ2n) is 9.74. The fourth-order valence-corrected chi connectivity index (χ4v) is 4.11. The summed E-state index contributed by atoms with van der Waals surface area (Å²) in [6, 6.07) is 18.8. The molecule has 0 atom stereocenters. The number of hydrogen-bond acceptors (Lipinski definition) is 7. The molecule has 4 aromatic heterocycles. The van der Waals surface area contributed by atoms with Gasteiger partial charge in [0.05, 0.1) is 17.0 Å². The third-order valence-corrected chi connectivity index (χ3v) is 5.80. The van der Waals surface area contributed by atoms with Gasteiger partial charge in [-0.1, -0.05) is 12.1 Å². The Morgan fingerprint density at radius 2 is 1.79 bits per heavy atom. The topological polar surface area (TPSA) is 103 Å². The molecule has 0 unspecified atom stereocenters. The van der Waals surface area contributed by atoms with Crippen molar-refractivity contribution in [3.63, 3.8) is 0 Å². The summed E-state index contributed by atoms with van der Waals surface area (Å²) < 4.78 is 27.0. The van der Waals surface area contributed by atoms with E-state index < -0.39 is 17.5 Å². The zero-order valence-electron chi connectivity index (χ0n) is 21.6. The Bertz CT molecular complexity index is 1720. The number of hydrogen-bond donors (Lipinski definition) is 0. The number of fused-ring (bicyclic) bond motifs is 1. The number of rotatable bonds is 5. The third-order valence-electron chi connectivity index (χ3n) is 5.80. The third kappa shape index (κ3) is 5.45. The lowest BCUT2D eigenvalue weighted by atomic mass is 10.0. The second-order valence-corrected chi connectivity index (χ2v) is 9.74. The quantitative estimate of drug-likeness (QED) is 0.259. The van der Waals surface area contributed by atoms with Crippen molar-refractivity contribution in [2.45, 2.75) is 33.0 Å². The predicted octanol–water partition coefficient (Wildman–Crippen LogP) is 6.53. The molecule has 0 N–H and O–H groups in total. The number of nitriles is 1. The summed E-state index contributed by atoms with van der Waals surface area (Å²) in [6.45, 7) is 5.58. The molecule has 8 nitrogen and oxygen atoms in total. The Morgan fingerprint density at radius 1 is 0.974 bits per heavy atom. The molecule has 0 amide bonds. The molecule has 0 aliphatic heterocycles. The van der Waals surface area contributed by atoms with E-state index in [1.165, 1.54) is 16.7 Å². The summed E-state index contributed by atoms with van der Waals surface area (Å²) in [5.41, 5.74) is 2.72. The molecule has 0 fully saturated rings. The summed E-state index contributed by atoms with van der Waals surface area (Å²) in [5.74, 6) is -0.252. The van der Waals surface area contributed by atoms with Crippen LogP contribution in [-0.4, -0.2) is 31.2 Å². The lowest BCUT2D eigenvalue weighted by Crippen LogP contribution is -2.27. The molecule has 4 heterocycles. The van der Waals surface area contributed by atoms with Crippen LogP contribution in [0.5, 0.6) is 5.88 Å². The normalized spacial score (nSPS) is 11.3. The number of ether oxygens (including phenoxy) is 2. The summed E-state index contributed by atoms with van der Waals surface area (Å²) in [7, 11) is 0. The standard InChI is InChI=1S/C30H24FN5O3/c1-30(2,3)39-29(37)36-26(20-9-12-34-27(15-20)38-18-22-6-4-5-11-33-22)16-24-23(10-13-35-28(24)36)19-7-8-25(31)21(14-19)17-32/h4-16H,18H2,1-3H3. The van der Waals surface area contributed by atoms with Gasteiger partial charge < -0.3 is 9.47 Å². The number of nitrogens with zero attached hydrogens (tertiary/aromatic N) is 5. The fraction of sp³-hybridized carbons (Fsp3) is 0.167. The number of benzene rings is 1. The van der Waals surface area contributed by atoms with E-state index in [1.54, 1.807) is 63.6 Å². The largest absolute Gasteiger partial charge is 0.471 e. The minimum atomic E-state index is -0.754. The van der Waals surface area contributed by atoms with Gasteiger partial charge in [0, 0.05) is 35.6 Å². The molecule has 0 aliphatic carbocycles. The predicted molar refractivity (Wildman–Crippen MR) is 143 cm³/mol. The van der Waals surface area contributed by atoms with Crippen molar-refractivity contribution >= 4 is 17.1 Å². The van der Waals surface area contributed by atoms with Gasteiger partial charge in [0.1, 0.15) is 24.1 Å². The van der Waals surface area contributed by atoms with Crippen molar-refractivity contribution < 1.29 is 18.7 Å². The Balaban J connectivity index is 1.64. The minimum absolute atomic E-state index is 0.0758. The Hall–Kier alpha value is -5.10. The molecule has 5 aromatic rings. The highest BCUT2D eigenvalue weighted by atomic mass is 19.1. The average Bonchev–Trinajstić information content (AvgIpc) is 3.32. The van der Waals surface area contributed by atoms with Gasteiger partial charge in [-0.15, -0.1) is 0 Å². The molecule has 0 spiro atoms. The van der Waals surface area contributed by atoms with Crippen LogP contribution in [0.1, 0.15) is 32.0 Å². The number of halogens is 1. The maximum Gasteiger partial charge on any atom is 0.420 e. The van der Waals surface area contributed by atoms with Crippen LogP contribution in [0.4, 0.5) is 9.18 Å². The zero-order valence-corrected chi connectivity index (χ0v) is 21.6. The first-order valence-corrected chi connectivity index (χ1v) is 12.2. The van der Waals surface area contributed by atoms with Gasteiger partial charge in [-0.05, 0) is 74.4 Å². The fourth-order valence-electron chi connectivity index (χ4n) is 4.11. The second kappa shape index (κ2) is 10.3. The van der Waals surface area contributed by atoms with Crippen molar-refractivity contribution in [2.24, 2.45) is 0 Å². The highest BCUT2D eigenvalue weighted by molar-refractivity contribution is 6.01. The van der Waals surface area contributed by atoms with Crippen molar-refractivity contribution in [3.8, 4) is 34.3 Å². The van der Waals surface area contributed by atoms with Crippen LogP contribution in [-0.2, 0) is 11.3 Å². The van der Waals surface area contributed by atoms with Gasteiger partial charge in [-0.2, -0.15) is 5.26 Å². The molecule has 0 radical (unpaired) electrons. The van der Waals surface area contributed by atoms with Crippen LogP contribution in [0.15, 0.2) is 79.3 Å². The molecule has 194 valence electrons. The Morgan fingerprint density at radius 3 is 2.54 bits per heavy atom. The molecule has 1 aromatic carbocycles. The van der Waals surface area contributed by atoms with E-state index in [2.05, 4.69) is 15.0 Å². The number of pyridine rings is 3. The number of aromatic nitrogens is 4. The van der Waals surface area contributed by atoms with Crippen molar-refractivity contribution in [1.82, 2.24) is 19.5 Å². The van der Waals surface area contributed by atoms with E-state index in [4.69, 9.17) is 9.47 Å². The Kier molecular flexibility index (Phi) is 6.77. The Labute approximate surface area is 224 Å². The number of carbonyl (C=O) groups excluding carboxylic acids is 1. The average molecular weight is 522 g/mol. The summed E-state index contributed by atoms with van der Waals surface area (Å²) >= 11 is 0. The van der Waals surface area contributed by atoms with Crippen LogP contribution in [0.3, 0.4) is 0 Å². The maximum absolute atomic E-state index is 14.0. The van der Waals surface area contributed by atoms with Crippen LogP contribution in [0, 0.1) is 17.1 Å². The van der Waals surface area contributed by atoms with E-state index in [-0.39, 0.29) is 12.2 Å². The molecular weight excluding hydrogens is 497 g/mol. The molecule has 0 saturated carbocycles. The van der Waals surface area contributed by atoms with Gasteiger partial charge in [0.15, 0.2) is 5.65 Å². The van der Waals surface area contributed by atoms with E-state index in [0.717, 1.165) is 5.69 Å². The smallest absolute Gasteiger partial charge is 0.420 e. The molecule has 9 heteroatoms. The first kappa shape index (κ1) is 25.5. The molecule has 0 bridgehead atoms. The monoisotopic (exact) mass is 521 g/mol. The molecule has 5 rings (SSSR count). The van der Waals surface area contributed by atoms with Gasteiger partial charge >= 0.3 is 6.09 Å². The summed E-state index contributed by atoms with van der Waals surface area (Å²) in [5, 5.41) is 9.96. The lowest BCUT2D eigenvalue weighted by molar-refractivity contribution is 0.0546. The van der Waals surface area contributed by atoms with Crippen LogP contribution >= 0.6 is 0 Å². The van der Waals surface area contributed by atoms with Gasteiger partial charge in [0.2, 0.25) is 5.88 Å². The highest BCUT2D eigenvalue weighted by Crippen LogP contribution is 2.35. The van der Waals surface area contributed by atoms with Gasteiger partial charge in [-0.25, -0.2) is 23.7 Å². The lowest BCUT2D eigenvalue weighted by Gasteiger charge is -2.20.